The van der Waals surface area contributed by atoms with Crippen molar-refractivity contribution in [3.63, 3.8) is 0 Å². The quantitative estimate of drug-likeness (QED) is 0.568. The van der Waals surface area contributed by atoms with Crippen LogP contribution in [0, 0.1) is 0 Å². The average Bonchev–Trinajstić information content (AvgIpc) is 2.56. The molecular weight excluding hydrogens is 222 g/mol. The predicted molar refractivity (Wildman–Crippen MR) is 57.8 cm³/mol. The Morgan fingerprint density at radius 1 is 1.18 bits per heavy atom. The molecule has 1 aromatic carbocycles. The largest absolute Gasteiger partial charge is 0.356 e. The van der Waals surface area contributed by atoms with Crippen molar-refractivity contribution in [2.75, 3.05) is 0 Å². The first-order valence-corrected chi connectivity index (χ1v) is 4.97. The molecule has 1 heterocycles. The van der Waals surface area contributed by atoms with E-state index in [1.165, 1.54) is 18.2 Å². The zero-order valence-electron chi connectivity index (χ0n) is 9.04. The topological polar surface area (TPSA) is 63.7 Å². The number of imide groups is 1. The summed E-state index contributed by atoms with van der Waals surface area (Å²) in [5, 5.41) is 0.479. The fourth-order valence-electron chi connectivity index (χ4n) is 1.51. The Balaban J connectivity index is 2.27. The number of allylic oxidation sites excluding steroid dienone is 1. The Bertz CT molecular complexity index is 498. The van der Waals surface area contributed by atoms with Crippen LogP contribution in [0.3, 0.4) is 0 Å². The predicted octanol–water partition coefficient (Wildman–Crippen LogP) is 1.32. The highest BCUT2D eigenvalue weighted by molar-refractivity contribution is 6.21. The molecule has 2 rings (SSSR count). The van der Waals surface area contributed by atoms with Gasteiger partial charge in [-0.3, -0.25) is 9.59 Å². The van der Waals surface area contributed by atoms with Crippen molar-refractivity contribution in [1.29, 1.82) is 0 Å². The van der Waals surface area contributed by atoms with Crippen molar-refractivity contribution in [1.82, 2.24) is 5.06 Å². The van der Waals surface area contributed by atoms with Gasteiger partial charge in [-0.15, -0.1) is 0 Å². The Kier molecular flexibility index (Phi) is 2.74. The smallest absolute Gasteiger partial charge is 0.325 e. The molecule has 1 aliphatic heterocycles. The lowest BCUT2D eigenvalue weighted by molar-refractivity contribution is -0.162. The molecule has 0 N–H and O–H groups in total. The van der Waals surface area contributed by atoms with E-state index >= 15 is 0 Å². The van der Waals surface area contributed by atoms with Crippen LogP contribution in [0.15, 0.2) is 36.4 Å². The summed E-state index contributed by atoms with van der Waals surface area (Å²) < 4.78 is 0. The monoisotopic (exact) mass is 231 g/mol. The second kappa shape index (κ2) is 4.21. The number of amides is 2. The molecule has 2 amide bonds. The van der Waals surface area contributed by atoms with Gasteiger partial charge in [-0.1, -0.05) is 23.3 Å². The maximum Gasteiger partial charge on any atom is 0.356 e. The van der Waals surface area contributed by atoms with Gasteiger partial charge in [0.2, 0.25) is 0 Å². The van der Waals surface area contributed by atoms with Gasteiger partial charge in [0.25, 0.3) is 11.8 Å². The summed E-state index contributed by atoms with van der Waals surface area (Å²) in [5.41, 5.74) is 0.483. The number of rotatable bonds is 2. The number of carbonyl (C=O) groups excluding carboxylic acids is 3. The summed E-state index contributed by atoms with van der Waals surface area (Å²) in [6.45, 7) is 1.63. The lowest BCUT2D eigenvalue weighted by atomic mass is 10.1. The van der Waals surface area contributed by atoms with Crippen molar-refractivity contribution in [2.45, 2.75) is 6.92 Å². The van der Waals surface area contributed by atoms with Gasteiger partial charge in [-0.2, -0.15) is 0 Å². The van der Waals surface area contributed by atoms with Gasteiger partial charge in [0.05, 0.1) is 11.1 Å². The SMILES string of the molecule is CC=CC(=O)ON1C(=O)c2ccccc2C1=O. The van der Waals surface area contributed by atoms with E-state index in [1.807, 2.05) is 0 Å². The number of fused-ring (bicyclic) bond motifs is 1. The van der Waals surface area contributed by atoms with E-state index in [2.05, 4.69) is 4.84 Å². The van der Waals surface area contributed by atoms with Crippen molar-refractivity contribution in [3.05, 3.63) is 47.5 Å². The first-order valence-electron chi connectivity index (χ1n) is 4.97. The molecule has 0 atom stereocenters. The minimum absolute atomic E-state index is 0.241. The van der Waals surface area contributed by atoms with Crippen molar-refractivity contribution in [2.24, 2.45) is 0 Å². The first-order chi connectivity index (χ1) is 8.15. The van der Waals surface area contributed by atoms with Crippen LogP contribution >= 0.6 is 0 Å². The maximum atomic E-state index is 11.8. The fourth-order valence-corrected chi connectivity index (χ4v) is 1.51. The molecule has 0 unspecified atom stereocenters. The van der Waals surface area contributed by atoms with E-state index in [0.29, 0.717) is 5.06 Å². The van der Waals surface area contributed by atoms with Gasteiger partial charge in [0.15, 0.2) is 0 Å². The maximum absolute atomic E-state index is 11.8. The highest BCUT2D eigenvalue weighted by Gasteiger charge is 2.38. The average molecular weight is 231 g/mol. The van der Waals surface area contributed by atoms with Gasteiger partial charge in [-0.05, 0) is 19.1 Å². The van der Waals surface area contributed by atoms with Crippen LogP contribution in [0.1, 0.15) is 27.6 Å². The molecule has 0 aromatic heterocycles. The zero-order chi connectivity index (χ0) is 12.4. The van der Waals surface area contributed by atoms with Gasteiger partial charge in [-0.25, -0.2) is 4.79 Å². The first kappa shape index (κ1) is 11.1. The van der Waals surface area contributed by atoms with Gasteiger partial charge in [0.1, 0.15) is 0 Å². The van der Waals surface area contributed by atoms with Crippen LogP contribution in [0.25, 0.3) is 0 Å². The second-order valence-electron chi connectivity index (χ2n) is 3.36. The molecule has 0 fully saturated rings. The van der Waals surface area contributed by atoms with Gasteiger partial charge >= 0.3 is 5.97 Å². The van der Waals surface area contributed by atoms with Crippen LogP contribution in [0.4, 0.5) is 0 Å². The molecule has 0 bridgehead atoms. The second-order valence-corrected chi connectivity index (χ2v) is 3.36. The molecule has 5 heteroatoms. The number of carbonyl (C=O) groups is 3. The fraction of sp³-hybridized carbons (Fsp3) is 0.0833. The molecule has 1 aliphatic rings. The number of benzene rings is 1. The molecule has 0 saturated carbocycles. The number of hydrogen-bond donors (Lipinski definition) is 0. The molecule has 0 aliphatic carbocycles. The highest BCUT2D eigenvalue weighted by Crippen LogP contribution is 2.22. The van der Waals surface area contributed by atoms with E-state index in [1.54, 1.807) is 19.1 Å². The Hall–Kier alpha value is -2.43. The summed E-state index contributed by atoms with van der Waals surface area (Å²) in [4.78, 5) is 39.4. The minimum Gasteiger partial charge on any atom is -0.325 e. The number of hydrogen-bond acceptors (Lipinski definition) is 4. The van der Waals surface area contributed by atoms with Crippen molar-refractivity contribution < 1.29 is 19.2 Å². The third-order valence-electron chi connectivity index (χ3n) is 2.24. The molecular formula is C12H9NO4. The van der Waals surface area contributed by atoms with E-state index in [-0.39, 0.29) is 11.1 Å². The van der Waals surface area contributed by atoms with Crippen LogP contribution in [-0.4, -0.2) is 22.8 Å². The highest BCUT2D eigenvalue weighted by atomic mass is 16.7. The van der Waals surface area contributed by atoms with Crippen LogP contribution in [-0.2, 0) is 9.63 Å². The van der Waals surface area contributed by atoms with Crippen LogP contribution < -0.4 is 0 Å². The molecule has 0 radical (unpaired) electrons. The standard InChI is InChI=1S/C12H9NO4/c1-2-5-10(14)17-13-11(15)8-6-3-4-7-9(8)12(13)16/h2-7H,1H3. The third-order valence-corrected chi connectivity index (χ3v) is 2.24. The third kappa shape index (κ3) is 1.82. The molecule has 0 spiro atoms. The van der Waals surface area contributed by atoms with Crippen molar-refractivity contribution >= 4 is 17.8 Å². The van der Waals surface area contributed by atoms with Crippen LogP contribution in [0.5, 0.6) is 0 Å². The Morgan fingerprint density at radius 2 is 1.71 bits per heavy atom. The summed E-state index contributed by atoms with van der Waals surface area (Å²) in [6.07, 6.45) is 2.59. The number of nitrogens with zero attached hydrogens (tertiary/aromatic N) is 1. The van der Waals surface area contributed by atoms with E-state index in [0.717, 1.165) is 6.08 Å². The zero-order valence-corrected chi connectivity index (χ0v) is 9.04. The van der Waals surface area contributed by atoms with Crippen molar-refractivity contribution in [3.8, 4) is 0 Å². The van der Waals surface area contributed by atoms with Gasteiger partial charge in [0, 0.05) is 6.08 Å². The Morgan fingerprint density at radius 3 is 2.18 bits per heavy atom. The molecule has 0 saturated heterocycles. The molecule has 5 nitrogen and oxygen atoms in total. The lowest BCUT2D eigenvalue weighted by Gasteiger charge is -2.10. The minimum atomic E-state index is -0.762. The molecule has 1 aromatic rings. The molecule has 86 valence electrons. The van der Waals surface area contributed by atoms with Crippen LogP contribution in [0.2, 0.25) is 0 Å². The normalized spacial score (nSPS) is 14.3. The van der Waals surface area contributed by atoms with E-state index in [4.69, 9.17) is 0 Å². The Labute approximate surface area is 97.2 Å². The lowest BCUT2D eigenvalue weighted by Crippen LogP contribution is -2.32. The summed E-state index contributed by atoms with van der Waals surface area (Å²) in [5.74, 6) is -2.01. The summed E-state index contributed by atoms with van der Waals surface area (Å²) in [7, 11) is 0. The van der Waals surface area contributed by atoms with Gasteiger partial charge < -0.3 is 4.84 Å². The van der Waals surface area contributed by atoms with E-state index in [9.17, 15) is 14.4 Å². The number of hydroxylamine groups is 2. The summed E-state index contributed by atoms with van der Waals surface area (Å²) in [6, 6.07) is 6.31. The van der Waals surface area contributed by atoms with E-state index < -0.39 is 17.8 Å². The summed E-state index contributed by atoms with van der Waals surface area (Å²) >= 11 is 0. The molecule has 17 heavy (non-hydrogen) atoms.